The minimum Gasteiger partial charge on any atom is -0.321 e. The van der Waals surface area contributed by atoms with Crippen molar-refractivity contribution in [1.29, 1.82) is 0 Å². The monoisotopic (exact) mass is 406 g/mol. The first-order valence-corrected chi connectivity index (χ1v) is 8.61. The van der Waals surface area contributed by atoms with Crippen LogP contribution in [0.2, 0.25) is 0 Å². The topological polar surface area (TPSA) is 112 Å². The third-order valence-electron chi connectivity index (χ3n) is 4.43. The van der Waals surface area contributed by atoms with Gasteiger partial charge in [0.1, 0.15) is 17.9 Å². The van der Waals surface area contributed by atoms with Gasteiger partial charge in [0.25, 0.3) is 12.3 Å². The molecule has 0 spiro atoms. The number of hydrogen-bond acceptors (Lipinski definition) is 5. The van der Waals surface area contributed by atoms with Crippen LogP contribution in [-0.2, 0) is 25.4 Å². The summed E-state index contributed by atoms with van der Waals surface area (Å²) in [5.74, 6) is -1.01. The highest BCUT2D eigenvalue weighted by atomic mass is 19.3. The molecule has 0 bridgehead atoms. The summed E-state index contributed by atoms with van der Waals surface area (Å²) in [7, 11) is 3.31. The van der Waals surface area contributed by atoms with E-state index in [9.17, 15) is 18.4 Å². The van der Waals surface area contributed by atoms with Gasteiger partial charge in [0.2, 0.25) is 5.91 Å². The molecule has 0 radical (unpaired) electrons. The van der Waals surface area contributed by atoms with Crippen LogP contribution in [0.4, 0.5) is 20.2 Å². The van der Waals surface area contributed by atoms with Crippen molar-refractivity contribution in [2.45, 2.75) is 26.8 Å². The smallest absolute Gasteiger partial charge is 0.282 e. The van der Waals surface area contributed by atoms with Gasteiger partial charge in [0.05, 0.1) is 29.5 Å². The van der Waals surface area contributed by atoms with Crippen molar-refractivity contribution >= 4 is 23.2 Å². The number of rotatable bonds is 6. The number of nitrogens with zero attached hydrogens (tertiary/aromatic N) is 6. The van der Waals surface area contributed by atoms with Crippen LogP contribution in [0.1, 0.15) is 34.0 Å². The normalized spacial score (nSPS) is 11.1. The van der Waals surface area contributed by atoms with E-state index in [0.717, 1.165) is 5.69 Å². The van der Waals surface area contributed by atoms with Gasteiger partial charge in [0.15, 0.2) is 0 Å². The van der Waals surface area contributed by atoms with Crippen LogP contribution in [-0.4, -0.2) is 41.2 Å². The summed E-state index contributed by atoms with van der Waals surface area (Å²) in [6, 6.07) is 1.22. The number of hydrogen-bond donors (Lipinski definition) is 2. The van der Waals surface area contributed by atoms with Crippen LogP contribution >= 0.6 is 0 Å². The van der Waals surface area contributed by atoms with Crippen molar-refractivity contribution < 1.29 is 18.4 Å². The second-order valence-corrected chi connectivity index (χ2v) is 6.47. The van der Waals surface area contributed by atoms with E-state index in [4.69, 9.17) is 0 Å². The van der Waals surface area contributed by atoms with E-state index in [2.05, 4.69) is 25.9 Å². The summed E-state index contributed by atoms with van der Waals surface area (Å²) in [6.45, 7) is 3.09. The lowest BCUT2D eigenvalue weighted by Gasteiger charge is -2.09. The summed E-state index contributed by atoms with van der Waals surface area (Å²) < 4.78 is 29.6. The van der Waals surface area contributed by atoms with Crippen LogP contribution in [0.5, 0.6) is 0 Å². The fourth-order valence-corrected chi connectivity index (χ4v) is 2.73. The van der Waals surface area contributed by atoms with E-state index in [1.54, 1.807) is 32.6 Å². The Morgan fingerprint density at radius 3 is 2.31 bits per heavy atom. The third-order valence-corrected chi connectivity index (χ3v) is 4.43. The maximum absolute atomic E-state index is 12.8. The Balaban J connectivity index is 1.74. The van der Waals surface area contributed by atoms with Gasteiger partial charge >= 0.3 is 0 Å². The van der Waals surface area contributed by atoms with Gasteiger partial charge in [0, 0.05) is 19.8 Å². The number of carbonyl (C=O) groups is 2. The summed E-state index contributed by atoms with van der Waals surface area (Å²) in [5, 5.41) is 17.1. The number of aryl methyl sites for hydroxylation is 3. The summed E-state index contributed by atoms with van der Waals surface area (Å²) in [4.78, 5) is 25.1. The fourth-order valence-electron chi connectivity index (χ4n) is 2.73. The van der Waals surface area contributed by atoms with Crippen molar-refractivity contribution in [3.05, 3.63) is 41.2 Å². The Morgan fingerprint density at radius 1 is 1.07 bits per heavy atom. The molecule has 29 heavy (non-hydrogen) atoms. The second-order valence-electron chi connectivity index (χ2n) is 6.47. The van der Waals surface area contributed by atoms with Crippen molar-refractivity contribution in [1.82, 2.24) is 29.3 Å². The van der Waals surface area contributed by atoms with Crippen LogP contribution < -0.4 is 10.6 Å². The average molecular weight is 406 g/mol. The van der Waals surface area contributed by atoms with Crippen molar-refractivity contribution in [2.24, 2.45) is 14.1 Å². The minimum atomic E-state index is -2.72. The standard InChI is InChI=1S/C17H20F2N8O2/c1-9-5-11(16(18)19)24-27(9)8-14(28)22-13-7-21-26(4)15(13)17(29)23-12-6-20-25(3)10(12)2/h5-7,16H,8H2,1-4H3,(H,22,28)(H,23,29). The molecule has 0 aromatic carbocycles. The molecule has 0 saturated carbocycles. The molecule has 0 aliphatic rings. The van der Waals surface area contributed by atoms with Gasteiger partial charge in [-0.15, -0.1) is 0 Å². The highest BCUT2D eigenvalue weighted by molar-refractivity contribution is 6.09. The molecule has 0 aliphatic carbocycles. The van der Waals surface area contributed by atoms with Crippen molar-refractivity contribution in [3.63, 3.8) is 0 Å². The zero-order valence-electron chi connectivity index (χ0n) is 16.3. The van der Waals surface area contributed by atoms with E-state index in [0.29, 0.717) is 11.4 Å². The second kappa shape index (κ2) is 7.81. The lowest BCUT2D eigenvalue weighted by molar-refractivity contribution is -0.117. The maximum Gasteiger partial charge on any atom is 0.282 e. The molecule has 12 heteroatoms. The van der Waals surface area contributed by atoms with Gasteiger partial charge in [-0.2, -0.15) is 15.3 Å². The molecule has 0 unspecified atom stereocenters. The Bertz CT molecular complexity index is 1070. The fraction of sp³-hybridized carbons (Fsp3) is 0.353. The number of alkyl halides is 2. The highest BCUT2D eigenvalue weighted by Gasteiger charge is 2.21. The SMILES string of the molecule is Cc1c(NC(=O)c2c(NC(=O)Cn3nc(C(F)F)cc3C)cnn2C)cnn1C. The average Bonchev–Trinajstić information content (AvgIpc) is 3.29. The predicted molar refractivity (Wildman–Crippen MR) is 99.7 cm³/mol. The number of halogens is 2. The van der Waals surface area contributed by atoms with Gasteiger partial charge < -0.3 is 10.6 Å². The molecule has 3 rings (SSSR count). The van der Waals surface area contributed by atoms with E-state index in [-0.39, 0.29) is 17.9 Å². The molecule has 0 fully saturated rings. The molecular weight excluding hydrogens is 386 g/mol. The van der Waals surface area contributed by atoms with Gasteiger partial charge in [-0.05, 0) is 19.9 Å². The molecule has 2 amide bonds. The predicted octanol–water partition coefficient (Wildman–Crippen LogP) is 1.80. The van der Waals surface area contributed by atoms with Crippen molar-refractivity contribution in [3.8, 4) is 0 Å². The molecule has 0 saturated heterocycles. The Morgan fingerprint density at radius 2 is 1.72 bits per heavy atom. The zero-order chi connectivity index (χ0) is 21.3. The number of anilines is 2. The van der Waals surface area contributed by atoms with Gasteiger partial charge in [-0.3, -0.25) is 23.6 Å². The summed E-state index contributed by atoms with van der Waals surface area (Å²) in [5.41, 5.74) is 1.63. The Labute approximate surface area is 164 Å². The molecule has 2 N–H and O–H groups in total. The van der Waals surface area contributed by atoms with Crippen LogP contribution in [0.15, 0.2) is 18.5 Å². The number of aromatic nitrogens is 6. The van der Waals surface area contributed by atoms with Gasteiger partial charge in [-0.1, -0.05) is 0 Å². The number of nitrogens with one attached hydrogen (secondary N) is 2. The van der Waals surface area contributed by atoms with Crippen molar-refractivity contribution in [2.75, 3.05) is 10.6 Å². The Hall–Kier alpha value is -3.57. The first-order valence-electron chi connectivity index (χ1n) is 8.61. The molecule has 10 nitrogen and oxygen atoms in total. The van der Waals surface area contributed by atoms with E-state index < -0.39 is 23.9 Å². The number of amides is 2. The van der Waals surface area contributed by atoms with E-state index >= 15 is 0 Å². The molecule has 154 valence electrons. The third kappa shape index (κ3) is 4.15. The molecule has 0 aliphatic heterocycles. The quantitative estimate of drug-likeness (QED) is 0.648. The maximum atomic E-state index is 12.8. The van der Waals surface area contributed by atoms with E-state index in [1.165, 1.54) is 27.8 Å². The molecule has 3 heterocycles. The molecule has 3 aromatic rings. The summed E-state index contributed by atoms with van der Waals surface area (Å²) in [6.07, 6.45) is 0.134. The molecule has 3 aromatic heterocycles. The van der Waals surface area contributed by atoms with Crippen LogP contribution in [0, 0.1) is 13.8 Å². The largest absolute Gasteiger partial charge is 0.321 e. The highest BCUT2D eigenvalue weighted by Crippen LogP contribution is 2.20. The van der Waals surface area contributed by atoms with E-state index in [1.807, 2.05) is 0 Å². The molecule has 0 atom stereocenters. The Kier molecular flexibility index (Phi) is 5.43. The molecular formula is C17H20F2N8O2. The zero-order valence-corrected chi connectivity index (χ0v) is 16.3. The van der Waals surface area contributed by atoms with Crippen LogP contribution in [0.25, 0.3) is 0 Å². The lowest BCUT2D eigenvalue weighted by atomic mass is 10.3. The number of carbonyl (C=O) groups excluding carboxylic acids is 2. The first-order chi connectivity index (χ1) is 13.7. The minimum absolute atomic E-state index is 0.132. The first kappa shape index (κ1) is 20.2. The van der Waals surface area contributed by atoms with Gasteiger partial charge in [-0.25, -0.2) is 8.78 Å². The lowest BCUT2D eigenvalue weighted by Crippen LogP contribution is -2.23. The van der Waals surface area contributed by atoms with Crippen LogP contribution in [0.3, 0.4) is 0 Å². The summed E-state index contributed by atoms with van der Waals surface area (Å²) >= 11 is 0.